The molecule has 0 aromatic heterocycles. The lowest BCUT2D eigenvalue weighted by Gasteiger charge is -2.32. The quantitative estimate of drug-likeness (QED) is 0.612. The van der Waals surface area contributed by atoms with Crippen molar-refractivity contribution < 1.29 is 45.4 Å². The van der Waals surface area contributed by atoms with Gasteiger partial charge < -0.3 is 20.5 Å². The number of ether oxygens (including phenoxy) is 2. The fourth-order valence-electron chi connectivity index (χ4n) is 4.05. The van der Waals surface area contributed by atoms with E-state index in [1.54, 1.807) is 0 Å². The summed E-state index contributed by atoms with van der Waals surface area (Å²) in [5.74, 6) is -9.46. The summed E-state index contributed by atoms with van der Waals surface area (Å²) in [7, 11) is 1.00. The number of amides is 2. The van der Waals surface area contributed by atoms with Crippen LogP contribution in [-0.2, 0) is 9.53 Å². The van der Waals surface area contributed by atoms with Crippen molar-refractivity contribution in [1.29, 1.82) is 0 Å². The predicted molar refractivity (Wildman–Crippen MR) is 108 cm³/mol. The standard InChI is InChI=1S/C22H20F6N2O4/c1-9-15(11-5-7-14(24)16(25)17(11)33-3)18(34-21(9,2)22(26,27)28)20(32)30-10-4-6-13(23)12(8-10)19(29)31/h4-9,15,18H,1-3H3,(H2,29,31)(H,30,32)/t9-,15+,18-,21-/m0/s1. The van der Waals surface area contributed by atoms with Crippen LogP contribution >= 0.6 is 0 Å². The molecule has 0 unspecified atom stereocenters. The molecule has 0 aliphatic carbocycles. The van der Waals surface area contributed by atoms with E-state index >= 15 is 0 Å². The molecule has 1 fully saturated rings. The van der Waals surface area contributed by atoms with Crippen LogP contribution in [-0.4, -0.2) is 36.8 Å². The van der Waals surface area contributed by atoms with E-state index in [0.29, 0.717) is 6.07 Å². The van der Waals surface area contributed by atoms with Crippen LogP contribution in [0.1, 0.15) is 35.7 Å². The summed E-state index contributed by atoms with van der Waals surface area (Å²) in [6.07, 6.45) is -6.77. The van der Waals surface area contributed by atoms with E-state index in [4.69, 9.17) is 15.2 Å². The van der Waals surface area contributed by atoms with Gasteiger partial charge in [-0.05, 0) is 31.2 Å². The van der Waals surface area contributed by atoms with E-state index in [0.717, 1.165) is 45.2 Å². The fourth-order valence-corrected chi connectivity index (χ4v) is 4.05. The van der Waals surface area contributed by atoms with Gasteiger partial charge in [-0.2, -0.15) is 17.6 Å². The fraction of sp³-hybridized carbons (Fsp3) is 0.364. The van der Waals surface area contributed by atoms with Gasteiger partial charge in [0.2, 0.25) is 5.82 Å². The van der Waals surface area contributed by atoms with Gasteiger partial charge in [-0.15, -0.1) is 0 Å². The average molecular weight is 490 g/mol. The number of hydrogen-bond donors (Lipinski definition) is 2. The van der Waals surface area contributed by atoms with Crippen molar-refractivity contribution in [2.45, 2.75) is 37.6 Å². The molecule has 0 bridgehead atoms. The summed E-state index contributed by atoms with van der Waals surface area (Å²) in [5.41, 5.74) is 1.32. The highest BCUT2D eigenvalue weighted by atomic mass is 19.4. The van der Waals surface area contributed by atoms with Gasteiger partial charge in [-0.3, -0.25) is 9.59 Å². The number of rotatable bonds is 5. The van der Waals surface area contributed by atoms with E-state index in [1.807, 2.05) is 0 Å². The lowest BCUT2D eigenvalue weighted by Crippen LogP contribution is -2.47. The predicted octanol–water partition coefficient (Wildman–Crippen LogP) is 4.29. The van der Waals surface area contributed by atoms with Crippen LogP contribution in [0.5, 0.6) is 5.75 Å². The summed E-state index contributed by atoms with van der Waals surface area (Å²) in [6, 6.07) is 4.53. The number of primary amides is 1. The van der Waals surface area contributed by atoms with Crippen LogP contribution in [0.4, 0.5) is 32.0 Å². The van der Waals surface area contributed by atoms with E-state index in [-0.39, 0.29) is 11.3 Å². The highest BCUT2D eigenvalue weighted by Crippen LogP contribution is 2.55. The van der Waals surface area contributed by atoms with Gasteiger partial charge in [-0.25, -0.2) is 8.78 Å². The van der Waals surface area contributed by atoms with Gasteiger partial charge in [-0.1, -0.05) is 13.0 Å². The number of hydrogen-bond acceptors (Lipinski definition) is 4. The van der Waals surface area contributed by atoms with Crippen LogP contribution in [0, 0.1) is 23.4 Å². The third-order valence-electron chi connectivity index (χ3n) is 6.07. The number of halogens is 6. The molecule has 1 saturated heterocycles. The van der Waals surface area contributed by atoms with E-state index in [2.05, 4.69) is 5.32 Å². The number of nitrogens with two attached hydrogens (primary N) is 1. The van der Waals surface area contributed by atoms with Gasteiger partial charge in [0.05, 0.1) is 12.7 Å². The topological polar surface area (TPSA) is 90.6 Å². The lowest BCUT2D eigenvalue weighted by molar-refractivity contribution is -0.272. The minimum absolute atomic E-state index is 0.145. The molecule has 34 heavy (non-hydrogen) atoms. The zero-order valence-corrected chi connectivity index (χ0v) is 18.1. The summed E-state index contributed by atoms with van der Waals surface area (Å²) >= 11 is 0. The highest BCUT2D eigenvalue weighted by Gasteiger charge is 2.65. The Balaban J connectivity index is 2.08. The molecule has 1 aliphatic rings. The van der Waals surface area contributed by atoms with Gasteiger partial charge >= 0.3 is 6.18 Å². The monoisotopic (exact) mass is 490 g/mol. The van der Waals surface area contributed by atoms with Crippen molar-refractivity contribution in [3.8, 4) is 5.75 Å². The number of nitrogens with one attached hydrogen (secondary N) is 1. The average Bonchev–Trinajstić information content (AvgIpc) is 3.03. The molecule has 1 aliphatic heterocycles. The van der Waals surface area contributed by atoms with E-state index in [1.165, 1.54) is 0 Å². The SMILES string of the molecule is COc1c([C@@H]2[C@@H](C(=O)Nc3ccc(F)c(C(N)=O)c3)O[C@](C)(C(F)(F)F)[C@H]2C)ccc(F)c1F. The second-order valence-corrected chi connectivity index (χ2v) is 7.99. The number of benzene rings is 2. The first-order chi connectivity index (χ1) is 15.7. The first-order valence-corrected chi connectivity index (χ1v) is 9.89. The summed E-state index contributed by atoms with van der Waals surface area (Å²) < 4.78 is 93.8. The maximum atomic E-state index is 14.4. The second-order valence-electron chi connectivity index (χ2n) is 7.99. The summed E-state index contributed by atoms with van der Waals surface area (Å²) in [4.78, 5) is 24.4. The molecule has 0 saturated carbocycles. The minimum Gasteiger partial charge on any atom is -0.493 e. The Morgan fingerprint density at radius 1 is 1.12 bits per heavy atom. The van der Waals surface area contributed by atoms with Crippen molar-refractivity contribution in [3.63, 3.8) is 0 Å². The molecule has 2 aromatic carbocycles. The Hall–Kier alpha value is -3.28. The molecule has 0 radical (unpaired) electrons. The Bertz CT molecular complexity index is 1140. The highest BCUT2D eigenvalue weighted by molar-refractivity contribution is 5.98. The molecular formula is C22H20F6N2O4. The molecule has 0 spiro atoms. The van der Waals surface area contributed by atoms with E-state index < -0.39 is 70.3 Å². The van der Waals surface area contributed by atoms with Crippen LogP contribution in [0.2, 0.25) is 0 Å². The summed E-state index contributed by atoms with van der Waals surface area (Å²) in [6.45, 7) is 1.91. The molecular weight excluding hydrogens is 470 g/mol. The Labute approximate surface area is 190 Å². The third kappa shape index (κ3) is 4.17. The first kappa shape index (κ1) is 25.3. The molecule has 184 valence electrons. The Morgan fingerprint density at radius 3 is 2.29 bits per heavy atom. The minimum atomic E-state index is -4.93. The van der Waals surface area contributed by atoms with Crippen molar-refractivity contribution in [2.24, 2.45) is 11.7 Å². The second kappa shape index (κ2) is 8.82. The molecule has 1 heterocycles. The molecule has 3 N–H and O–H groups in total. The van der Waals surface area contributed by atoms with E-state index in [9.17, 15) is 35.9 Å². The van der Waals surface area contributed by atoms with Gasteiger partial charge in [0.15, 0.2) is 17.2 Å². The van der Waals surface area contributed by atoms with Crippen molar-refractivity contribution >= 4 is 17.5 Å². The lowest BCUT2D eigenvalue weighted by atomic mass is 9.77. The molecule has 2 amide bonds. The Morgan fingerprint density at radius 2 is 1.74 bits per heavy atom. The smallest absolute Gasteiger partial charge is 0.417 e. The Kier molecular flexibility index (Phi) is 6.57. The molecule has 12 heteroatoms. The van der Waals surface area contributed by atoms with Crippen LogP contribution in [0.15, 0.2) is 30.3 Å². The van der Waals surface area contributed by atoms with Gasteiger partial charge in [0.25, 0.3) is 11.8 Å². The largest absolute Gasteiger partial charge is 0.493 e. The molecule has 3 rings (SSSR count). The van der Waals surface area contributed by atoms with Crippen LogP contribution in [0.3, 0.4) is 0 Å². The van der Waals surface area contributed by atoms with Gasteiger partial charge in [0, 0.05) is 23.1 Å². The maximum Gasteiger partial charge on any atom is 0.417 e. The molecule has 6 nitrogen and oxygen atoms in total. The zero-order valence-electron chi connectivity index (χ0n) is 18.1. The molecule has 4 atom stereocenters. The van der Waals surface area contributed by atoms with Crippen molar-refractivity contribution in [3.05, 3.63) is 58.9 Å². The van der Waals surface area contributed by atoms with Gasteiger partial charge in [0.1, 0.15) is 11.9 Å². The number of anilines is 1. The van der Waals surface area contributed by atoms with Crippen molar-refractivity contribution in [1.82, 2.24) is 0 Å². The number of alkyl halides is 3. The first-order valence-electron chi connectivity index (χ1n) is 9.89. The third-order valence-corrected chi connectivity index (χ3v) is 6.07. The zero-order chi connectivity index (χ0) is 25.6. The van der Waals surface area contributed by atoms with Crippen molar-refractivity contribution in [2.75, 3.05) is 12.4 Å². The number of methoxy groups -OCH3 is 1. The molecule has 2 aromatic rings. The van der Waals surface area contributed by atoms with Crippen LogP contribution < -0.4 is 15.8 Å². The summed E-state index contributed by atoms with van der Waals surface area (Å²) in [5, 5.41) is 2.26. The number of carbonyl (C=O) groups excluding carboxylic acids is 2. The normalized spacial score (nSPS) is 24.7. The number of carbonyl (C=O) groups is 2. The maximum absolute atomic E-state index is 14.4. The van der Waals surface area contributed by atoms with Crippen LogP contribution in [0.25, 0.3) is 0 Å².